The average molecular weight is 486 g/mol. The lowest BCUT2D eigenvalue weighted by Crippen LogP contribution is -2.23. The Bertz CT molecular complexity index is 1480. The van der Waals surface area contributed by atoms with Gasteiger partial charge in [0.1, 0.15) is 5.82 Å². The van der Waals surface area contributed by atoms with Crippen molar-refractivity contribution >= 4 is 0 Å². The number of unbranched alkanes of at least 4 members (excludes halogenated alkanes) is 1. The molecule has 0 bridgehead atoms. The van der Waals surface area contributed by atoms with Crippen molar-refractivity contribution in [3.63, 3.8) is 0 Å². The van der Waals surface area contributed by atoms with Gasteiger partial charge in [-0.15, -0.1) is 10.2 Å². The quantitative estimate of drug-likeness (QED) is 0.219. The lowest BCUT2D eigenvalue weighted by Gasteiger charge is -2.26. The molecule has 0 radical (unpaired) electrons. The number of hydrogen-bond acceptors (Lipinski definition) is 2. The van der Waals surface area contributed by atoms with E-state index >= 15 is 0 Å². The highest BCUT2D eigenvalue weighted by molar-refractivity contribution is 5.72. The van der Waals surface area contributed by atoms with Crippen LogP contribution in [0.15, 0.2) is 103 Å². The normalized spacial score (nSPS) is 11.6. The Hall–Kier alpha value is -3.98. The van der Waals surface area contributed by atoms with Crippen LogP contribution in [0.1, 0.15) is 51.4 Å². The molecule has 37 heavy (non-hydrogen) atoms. The van der Waals surface area contributed by atoms with Crippen LogP contribution in [-0.2, 0) is 5.41 Å². The Morgan fingerprint density at radius 1 is 0.649 bits per heavy atom. The first-order valence-electron chi connectivity index (χ1n) is 13.3. The summed E-state index contributed by atoms with van der Waals surface area (Å²) < 4.78 is 2.30. The van der Waals surface area contributed by atoms with E-state index in [1.54, 1.807) is 0 Å². The summed E-state index contributed by atoms with van der Waals surface area (Å²) in [7, 11) is 0. The molecule has 0 aliphatic heterocycles. The molecule has 0 N–H and O–H groups in total. The lowest BCUT2D eigenvalue weighted by molar-refractivity contribution is 0.425. The molecular weight excluding hydrogens is 450 g/mol. The molecule has 0 atom stereocenters. The second-order valence-corrected chi connectivity index (χ2v) is 10.5. The van der Waals surface area contributed by atoms with Crippen molar-refractivity contribution in [2.24, 2.45) is 0 Å². The molecule has 4 aromatic carbocycles. The van der Waals surface area contributed by atoms with Gasteiger partial charge in [0, 0.05) is 11.0 Å². The van der Waals surface area contributed by atoms with Crippen LogP contribution >= 0.6 is 0 Å². The fraction of sp³-hybridized carbons (Fsp3) is 0.235. The van der Waals surface area contributed by atoms with Gasteiger partial charge in [-0.25, -0.2) is 0 Å². The summed E-state index contributed by atoms with van der Waals surface area (Å²) in [5.74, 6) is 1.89. The first-order valence-corrected chi connectivity index (χ1v) is 13.3. The Morgan fingerprint density at radius 3 is 1.86 bits per heavy atom. The van der Waals surface area contributed by atoms with Crippen LogP contribution in [0.5, 0.6) is 0 Å². The maximum atomic E-state index is 4.83. The number of hydrogen-bond donors (Lipinski definition) is 0. The summed E-state index contributed by atoms with van der Waals surface area (Å²) in [6, 6.07) is 36.4. The second-order valence-electron chi connectivity index (χ2n) is 10.5. The first-order chi connectivity index (χ1) is 18.0. The van der Waals surface area contributed by atoms with Gasteiger partial charge < -0.3 is 0 Å². The van der Waals surface area contributed by atoms with Crippen molar-refractivity contribution in [2.75, 3.05) is 0 Å². The highest BCUT2D eigenvalue weighted by atomic mass is 15.3. The summed E-state index contributed by atoms with van der Waals surface area (Å²) in [6.07, 6.45) is 3.38. The molecule has 3 nitrogen and oxygen atoms in total. The zero-order chi connectivity index (χ0) is 25.8. The van der Waals surface area contributed by atoms with Gasteiger partial charge in [-0.3, -0.25) is 4.57 Å². The molecule has 5 rings (SSSR count). The molecule has 0 spiro atoms. The monoisotopic (exact) mass is 485 g/mol. The maximum absolute atomic E-state index is 4.83. The van der Waals surface area contributed by atoms with Crippen molar-refractivity contribution in [1.82, 2.24) is 14.8 Å². The summed E-state index contributed by atoms with van der Waals surface area (Å²) >= 11 is 0. The first kappa shape index (κ1) is 24.7. The van der Waals surface area contributed by atoms with E-state index in [-0.39, 0.29) is 5.41 Å². The summed E-state index contributed by atoms with van der Waals surface area (Å²) in [5, 5.41) is 9.64. The van der Waals surface area contributed by atoms with Crippen molar-refractivity contribution in [1.29, 1.82) is 0 Å². The molecule has 1 aromatic heterocycles. The van der Waals surface area contributed by atoms with Crippen molar-refractivity contribution in [2.45, 2.75) is 52.4 Å². The Kier molecular flexibility index (Phi) is 7.05. The number of aromatic nitrogens is 3. The van der Waals surface area contributed by atoms with Crippen LogP contribution < -0.4 is 0 Å². The maximum Gasteiger partial charge on any atom is 0.168 e. The van der Waals surface area contributed by atoms with Gasteiger partial charge in [0.15, 0.2) is 5.82 Å². The lowest BCUT2D eigenvalue weighted by atomic mass is 9.86. The molecule has 0 unspecified atom stereocenters. The highest BCUT2D eigenvalue weighted by Gasteiger charge is 2.30. The van der Waals surface area contributed by atoms with E-state index in [9.17, 15) is 0 Å². The molecule has 3 heteroatoms. The topological polar surface area (TPSA) is 30.7 Å². The van der Waals surface area contributed by atoms with Crippen LogP contribution in [0, 0.1) is 6.92 Å². The molecule has 0 aliphatic rings. The van der Waals surface area contributed by atoms with E-state index in [1.165, 1.54) is 27.8 Å². The van der Waals surface area contributed by atoms with E-state index in [0.29, 0.717) is 0 Å². The van der Waals surface area contributed by atoms with Gasteiger partial charge in [-0.2, -0.15) is 0 Å². The predicted octanol–water partition coefficient (Wildman–Crippen LogP) is 9.04. The van der Waals surface area contributed by atoms with Crippen LogP contribution in [-0.4, -0.2) is 14.8 Å². The molecule has 5 aromatic rings. The fourth-order valence-corrected chi connectivity index (χ4v) is 5.05. The molecule has 1 heterocycles. The number of nitrogens with zero attached hydrogens (tertiary/aromatic N) is 3. The van der Waals surface area contributed by atoms with Crippen LogP contribution in [0.25, 0.3) is 39.3 Å². The Labute approximate surface area is 220 Å². The Balaban J connectivity index is 1.66. The third-order valence-corrected chi connectivity index (χ3v) is 7.20. The second kappa shape index (κ2) is 10.6. The summed E-state index contributed by atoms with van der Waals surface area (Å²) in [4.78, 5) is 0. The van der Waals surface area contributed by atoms with E-state index in [1.807, 2.05) is 0 Å². The minimum Gasteiger partial charge on any atom is -0.278 e. The minimum absolute atomic E-state index is 0.108. The number of benzene rings is 4. The minimum atomic E-state index is -0.108. The van der Waals surface area contributed by atoms with E-state index in [4.69, 9.17) is 10.2 Å². The van der Waals surface area contributed by atoms with Gasteiger partial charge in [0.05, 0.1) is 5.69 Å². The highest BCUT2D eigenvalue weighted by Crippen LogP contribution is 2.36. The molecule has 0 saturated heterocycles. The van der Waals surface area contributed by atoms with Crippen molar-refractivity contribution < 1.29 is 0 Å². The summed E-state index contributed by atoms with van der Waals surface area (Å²) in [5.41, 5.74) is 8.10. The third kappa shape index (κ3) is 5.13. The fourth-order valence-electron chi connectivity index (χ4n) is 5.05. The molecule has 0 fully saturated rings. The van der Waals surface area contributed by atoms with Crippen LogP contribution in [0.4, 0.5) is 0 Å². The van der Waals surface area contributed by atoms with Gasteiger partial charge in [0.25, 0.3) is 0 Å². The predicted molar refractivity (Wildman–Crippen MR) is 155 cm³/mol. The molecule has 0 amide bonds. The smallest absolute Gasteiger partial charge is 0.168 e. The third-order valence-electron chi connectivity index (χ3n) is 7.20. The number of rotatable bonds is 8. The molecule has 0 saturated carbocycles. The molecular formula is C34H35N3. The zero-order valence-electron chi connectivity index (χ0n) is 22.3. The Morgan fingerprint density at radius 2 is 1.24 bits per heavy atom. The van der Waals surface area contributed by atoms with Gasteiger partial charge in [-0.05, 0) is 59.4 Å². The molecule has 0 aliphatic carbocycles. The largest absolute Gasteiger partial charge is 0.278 e. The van der Waals surface area contributed by atoms with Crippen LogP contribution in [0.3, 0.4) is 0 Å². The molecule has 186 valence electrons. The van der Waals surface area contributed by atoms with Gasteiger partial charge >= 0.3 is 0 Å². The average Bonchev–Trinajstić information content (AvgIpc) is 3.39. The zero-order valence-corrected chi connectivity index (χ0v) is 22.3. The van der Waals surface area contributed by atoms with E-state index in [0.717, 1.165) is 42.2 Å². The van der Waals surface area contributed by atoms with Crippen molar-refractivity contribution in [3.8, 4) is 39.3 Å². The van der Waals surface area contributed by atoms with E-state index < -0.39 is 0 Å². The number of aryl methyl sites for hydroxylation is 1. The SMILES string of the molecule is CCCCC(C)(C)c1nnc(-c2cccc(-c3ccccc3)c2)n1-c1ccc(-c2ccccc2)cc1C. The van der Waals surface area contributed by atoms with E-state index in [2.05, 4.69) is 135 Å². The van der Waals surface area contributed by atoms with Crippen molar-refractivity contribution in [3.05, 3.63) is 115 Å². The summed E-state index contributed by atoms with van der Waals surface area (Å²) in [6.45, 7) is 9.02. The van der Waals surface area contributed by atoms with Gasteiger partial charge in [-0.1, -0.05) is 119 Å². The standard InChI is InChI=1S/C34H35N3/c1-5-6-22-34(3,4)33-36-35-32(30-19-13-18-28(24-30)26-14-9-7-10-15-26)37(33)31-21-20-29(23-25(31)2)27-16-11-8-12-17-27/h7-21,23-24H,5-6,22H2,1-4H3. The van der Waals surface area contributed by atoms with Crippen LogP contribution in [0.2, 0.25) is 0 Å². The van der Waals surface area contributed by atoms with Gasteiger partial charge in [0.2, 0.25) is 0 Å².